The van der Waals surface area contributed by atoms with Gasteiger partial charge in [-0.25, -0.2) is 4.99 Å². The van der Waals surface area contributed by atoms with E-state index in [1.807, 2.05) is 6.08 Å². The molecule has 0 bridgehead atoms. The minimum atomic E-state index is 0.162. The SMILES string of the molecule is C=CCN=C(NCC)N1CC(C)(C)C1(C)C. The van der Waals surface area contributed by atoms with Crippen LogP contribution in [-0.4, -0.2) is 36.0 Å². The molecule has 1 heterocycles. The van der Waals surface area contributed by atoms with Gasteiger partial charge in [0.2, 0.25) is 0 Å². The molecule has 1 saturated heterocycles. The van der Waals surface area contributed by atoms with Crippen LogP contribution in [0.4, 0.5) is 0 Å². The maximum Gasteiger partial charge on any atom is 0.194 e. The Hall–Kier alpha value is -0.990. The second-order valence-electron chi connectivity index (χ2n) is 5.51. The molecule has 1 aliphatic rings. The van der Waals surface area contributed by atoms with Gasteiger partial charge in [0.1, 0.15) is 0 Å². The van der Waals surface area contributed by atoms with Gasteiger partial charge >= 0.3 is 0 Å². The summed E-state index contributed by atoms with van der Waals surface area (Å²) in [6.45, 7) is 17.6. The number of rotatable bonds is 3. The third-order valence-corrected chi connectivity index (χ3v) is 3.85. The maximum absolute atomic E-state index is 4.53. The summed E-state index contributed by atoms with van der Waals surface area (Å²) < 4.78 is 0. The fraction of sp³-hybridized carbons (Fsp3) is 0.769. The van der Waals surface area contributed by atoms with E-state index in [1.54, 1.807) is 0 Å². The Balaban J connectivity index is 2.79. The summed E-state index contributed by atoms with van der Waals surface area (Å²) in [6.07, 6.45) is 1.83. The predicted molar refractivity (Wildman–Crippen MR) is 70.7 cm³/mol. The summed E-state index contributed by atoms with van der Waals surface area (Å²) >= 11 is 0. The molecule has 3 nitrogen and oxygen atoms in total. The predicted octanol–water partition coefficient (Wildman–Crippen LogP) is 2.26. The Morgan fingerprint density at radius 2 is 2.06 bits per heavy atom. The summed E-state index contributed by atoms with van der Waals surface area (Å²) in [7, 11) is 0. The van der Waals surface area contributed by atoms with Gasteiger partial charge in [-0.15, -0.1) is 6.58 Å². The van der Waals surface area contributed by atoms with Gasteiger partial charge in [0.15, 0.2) is 5.96 Å². The second-order valence-corrected chi connectivity index (χ2v) is 5.51. The van der Waals surface area contributed by atoms with E-state index in [0.29, 0.717) is 12.0 Å². The van der Waals surface area contributed by atoms with E-state index < -0.39 is 0 Å². The zero-order chi connectivity index (χ0) is 12.4. The van der Waals surface area contributed by atoms with Crippen molar-refractivity contribution in [3.8, 4) is 0 Å². The maximum atomic E-state index is 4.53. The molecule has 0 atom stereocenters. The molecule has 1 rings (SSSR count). The molecule has 0 aromatic carbocycles. The van der Waals surface area contributed by atoms with Crippen LogP contribution in [-0.2, 0) is 0 Å². The van der Waals surface area contributed by atoms with Crippen LogP contribution in [0, 0.1) is 5.41 Å². The van der Waals surface area contributed by atoms with Crippen molar-refractivity contribution in [2.45, 2.75) is 40.2 Å². The van der Waals surface area contributed by atoms with E-state index in [2.05, 4.69) is 56.4 Å². The van der Waals surface area contributed by atoms with E-state index in [4.69, 9.17) is 0 Å². The van der Waals surface area contributed by atoms with Gasteiger partial charge in [0.05, 0.1) is 6.54 Å². The Morgan fingerprint density at radius 1 is 1.44 bits per heavy atom. The number of aliphatic imine (C=N–C) groups is 1. The third-order valence-electron chi connectivity index (χ3n) is 3.85. The van der Waals surface area contributed by atoms with E-state index >= 15 is 0 Å². The van der Waals surface area contributed by atoms with Crippen molar-refractivity contribution < 1.29 is 0 Å². The Bertz CT molecular complexity index is 290. The van der Waals surface area contributed by atoms with Gasteiger partial charge in [-0.2, -0.15) is 0 Å². The van der Waals surface area contributed by atoms with Crippen molar-refractivity contribution in [3.63, 3.8) is 0 Å². The van der Waals surface area contributed by atoms with Crippen molar-refractivity contribution in [1.29, 1.82) is 0 Å². The fourth-order valence-corrected chi connectivity index (χ4v) is 1.95. The average Bonchev–Trinajstić information content (AvgIpc) is 2.21. The van der Waals surface area contributed by atoms with Gasteiger partial charge in [0.25, 0.3) is 0 Å². The molecule has 0 saturated carbocycles. The van der Waals surface area contributed by atoms with Crippen LogP contribution in [0.2, 0.25) is 0 Å². The van der Waals surface area contributed by atoms with Gasteiger partial charge in [0, 0.05) is 24.0 Å². The minimum absolute atomic E-state index is 0.162. The topological polar surface area (TPSA) is 27.6 Å². The molecule has 1 aliphatic heterocycles. The number of guanidine groups is 1. The monoisotopic (exact) mass is 223 g/mol. The lowest BCUT2D eigenvalue weighted by Gasteiger charge is -2.62. The average molecular weight is 223 g/mol. The van der Waals surface area contributed by atoms with Crippen molar-refractivity contribution in [2.75, 3.05) is 19.6 Å². The molecule has 0 aliphatic carbocycles. The van der Waals surface area contributed by atoms with Crippen molar-refractivity contribution >= 4 is 5.96 Å². The number of nitrogens with zero attached hydrogens (tertiary/aromatic N) is 2. The Labute approximate surface area is 99.6 Å². The zero-order valence-corrected chi connectivity index (χ0v) is 11.3. The van der Waals surface area contributed by atoms with Crippen LogP contribution in [0.25, 0.3) is 0 Å². The van der Waals surface area contributed by atoms with Gasteiger partial charge < -0.3 is 10.2 Å². The summed E-state index contributed by atoms with van der Waals surface area (Å²) in [5.41, 5.74) is 0.506. The highest BCUT2D eigenvalue weighted by molar-refractivity contribution is 5.82. The largest absolute Gasteiger partial charge is 0.356 e. The first-order valence-corrected chi connectivity index (χ1v) is 6.03. The van der Waals surface area contributed by atoms with Gasteiger partial charge in [-0.05, 0) is 20.8 Å². The van der Waals surface area contributed by atoms with Gasteiger partial charge in [-0.3, -0.25) is 0 Å². The van der Waals surface area contributed by atoms with Crippen molar-refractivity contribution in [1.82, 2.24) is 10.2 Å². The Morgan fingerprint density at radius 3 is 2.44 bits per heavy atom. The zero-order valence-electron chi connectivity index (χ0n) is 11.3. The summed E-state index contributed by atoms with van der Waals surface area (Å²) in [6, 6.07) is 0. The highest BCUT2D eigenvalue weighted by atomic mass is 15.4. The molecule has 0 spiro atoms. The second kappa shape index (κ2) is 4.48. The van der Waals surface area contributed by atoms with Crippen LogP contribution >= 0.6 is 0 Å². The molecule has 0 aromatic heterocycles. The van der Waals surface area contributed by atoms with E-state index in [9.17, 15) is 0 Å². The van der Waals surface area contributed by atoms with Crippen LogP contribution in [0.1, 0.15) is 34.6 Å². The molecule has 92 valence electrons. The van der Waals surface area contributed by atoms with E-state index in [0.717, 1.165) is 19.0 Å². The number of hydrogen-bond donors (Lipinski definition) is 1. The summed E-state index contributed by atoms with van der Waals surface area (Å²) in [5, 5.41) is 3.34. The number of hydrogen-bond acceptors (Lipinski definition) is 1. The number of nitrogens with one attached hydrogen (secondary N) is 1. The molecule has 1 fully saturated rings. The lowest BCUT2D eigenvalue weighted by Crippen LogP contribution is -2.72. The lowest BCUT2D eigenvalue weighted by atomic mass is 9.65. The first kappa shape index (κ1) is 13.1. The van der Waals surface area contributed by atoms with E-state index in [-0.39, 0.29) is 5.54 Å². The third kappa shape index (κ3) is 2.08. The molecule has 0 unspecified atom stereocenters. The molecule has 0 amide bonds. The van der Waals surface area contributed by atoms with Crippen LogP contribution in [0.3, 0.4) is 0 Å². The van der Waals surface area contributed by atoms with Crippen LogP contribution in [0.5, 0.6) is 0 Å². The lowest BCUT2D eigenvalue weighted by molar-refractivity contribution is -0.0667. The van der Waals surface area contributed by atoms with Gasteiger partial charge in [-0.1, -0.05) is 19.9 Å². The first-order chi connectivity index (χ1) is 7.36. The highest BCUT2D eigenvalue weighted by Gasteiger charge is 2.53. The molecule has 0 aromatic rings. The molecule has 0 radical (unpaired) electrons. The van der Waals surface area contributed by atoms with Crippen molar-refractivity contribution in [3.05, 3.63) is 12.7 Å². The van der Waals surface area contributed by atoms with Crippen LogP contribution in [0.15, 0.2) is 17.6 Å². The molecular formula is C13H25N3. The molecule has 1 N–H and O–H groups in total. The minimum Gasteiger partial charge on any atom is -0.356 e. The standard InChI is InChI=1S/C13H25N3/c1-7-9-15-11(14-8-2)16-10-12(3,4)13(16,5)6/h7H,1,8-10H2,2-6H3,(H,14,15). The Kier molecular flexibility index (Phi) is 3.66. The quantitative estimate of drug-likeness (QED) is 0.451. The summed E-state index contributed by atoms with van der Waals surface area (Å²) in [5.74, 6) is 1.01. The molecule has 3 heteroatoms. The normalized spacial score (nSPS) is 22.6. The highest BCUT2D eigenvalue weighted by Crippen LogP contribution is 2.46. The first-order valence-electron chi connectivity index (χ1n) is 6.03. The summed E-state index contributed by atoms with van der Waals surface area (Å²) in [4.78, 5) is 6.88. The molecule has 16 heavy (non-hydrogen) atoms. The molecular weight excluding hydrogens is 198 g/mol. The smallest absolute Gasteiger partial charge is 0.194 e. The van der Waals surface area contributed by atoms with Crippen LogP contribution < -0.4 is 5.32 Å². The van der Waals surface area contributed by atoms with E-state index in [1.165, 1.54) is 0 Å². The number of likely N-dealkylation sites (tertiary alicyclic amines) is 1. The fourth-order valence-electron chi connectivity index (χ4n) is 1.95. The van der Waals surface area contributed by atoms with Crippen molar-refractivity contribution in [2.24, 2.45) is 10.4 Å².